The van der Waals surface area contributed by atoms with Crippen molar-refractivity contribution in [1.82, 2.24) is 19.7 Å². The third-order valence-corrected chi connectivity index (χ3v) is 2.97. The second kappa shape index (κ2) is 5.16. The Morgan fingerprint density at radius 3 is 2.83 bits per heavy atom. The fraction of sp³-hybridized carbons (Fsp3) is 0.462. The monoisotopic (exact) mass is 245 g/mol. The van der Waals surface area contributed by atoms with E-state index in [1.165, 1.54) is 6.33 Å². The molecule has 5 nitrogen and oxygen atoms in total. The number of aromatic nitrogens is 4. The van der Waals surface area contributed by atoms with E-state index in [9.17, 15) is 0 Å². The number of anilines is 1. The molecular weight excluding hydrogens is 226 g/mol. The molecule has 2 aromatic heterocycles. The van der Waals surface area contributed by atoms with Crippen LogP contribution in [0.4, 0.5) is 5.82 Å². The van der Waals surface area contributed by atoms with E-state index < -0.39 is 0 Å². The van der Waals surface area contributed by atoms with Gasteiger partial charge in [0.15, 0.2) is 0 Å². The van der Waals surface area contributed by atoms with Gasteiger partial charge in [0.1, 0.15) is 12.1 Å². The van der Waals surface area contributed by atoms with Crippen LogP contribution in [0.3, 0.4) is 0 Å². The van der Waals surface area contributed by atoms with E-state index in [2.05, 4.69) is 28.9 Å². The lowest BCUT2D eigenvalue weighted by Crippen LogP contribution is -2.01. The molecule has 0 unspecified atom stereocenters. The zero-order chi connectivity index (χ0) is 13.1. The van der Waals surface area contributed by atoms with Gasteiger partial charge in [0, 0.05) is 23.9 Å². The van der Waals surface area contributed by atoms with Crippen molar-refractivity contribution in [3.63, 3.8) is 0 Å². The minimum absolute atomic E-state index is 0.523. The topological polar surface area (TPSA) is 69.6 Å². The second-order valence-corrected chi connectivity index (χ2v) is 4.91. The van der Waals surface area contributed by atoms with E-state index in [1.807, 2.05) is 24.0 Å². The van der Waals surface area contributed by atoms with Gasteiger partial charge in [-0.25, -0.2) is 9.97 Å². The average Bonchev–Trinajstić information content (AvgIpc) is 2.78. The molecule has 2 N–H and O–H groups in total. The Morgan fingerprint density at radius 1 is 1.33 bits per heavy atom. The first-order chi connectivity index (χ1) is 8.58. The zero-order valence-electron chi connectivity index (χ0n) is 11.1. The summed E-state index contributed by atoms with van der Waals surface area (Å²) in [5, 5.41) is 4.35. The van der Waals surface area contributed by atoms with E-state index in [1.54, 1.807) is 0 Å². The highest BCUT2D eigenvalue weighted by atomic mass is 15.3. The summed E-state index contributed by atoms with van der Waals surface area (Å²) in [6.45, 7) is 7.27. The maximum atomic E-state index is 5.78. The quantitative estimate of drug-likeness (QED) is 0.897. The molecule has 0 aliphatic carbocycles. The fourth-order valence-corrected chi connectivity index (χ4v) is 1.75. The van der Waals surface area contributed by atoms with Crippen molar-refractivity contribution in [3.05, 3.63) is 24.3 Å². The molecule has 0 bridgehead atoms. The summed E-state index contributed by atoms with van der Waals surface area (Å²) < 4.78 is 1.95. The summed E-state index contributed by atoms with van der Waals surface area (Å²) in [5.74, 6) is 1.20. The summed E-state index contributed by atoms with van der Waals surface area (Å²) in [4.78, 5) is 8.24. The first kappa shape index (κ1) is 12.5. The summed E-state index contributed by atoms with van der Waals surface area (Å²) in [7, 11) is 0. The van der Waals surface area contributed by atoms with E-state index >= 15 is 0 Å². The molecule has 0 saturated heterocycles. The van der Waals surface area contributed by atoms with Gasteiger partial charge >= 0.3 is 0 Å². The smallest absolute Gasteiger partial charge is 0.130 e. The van der Waals surface area contributed by atoms with Crippen LogP contribution in [0.5, 0.6) is 0 Å². The Balaban J connectivity index is 2.21. The molecule has 2 rings (SSSR count). The van der Waals surface area contributed by atoms with Gasteiger partial charge in [-0.15, -0.1) is 0 Å². The molecule has 0 amide bonds. The van der Waals surface area contributed by atoms with Crippen molar-refractivity contribution in [2.45, 2.75) is 33.7 Å². The molecular formula is C13H19N5. The van der Waals surface area contributed by atoms with Gasteiger partial charge < -0.3 is 5.73 Å². The Bertz CT molecular complexity index is 530. The fourth-order valence-electron chi connectivity index (χ4n) is 1.75. The number of nitrogens with two attached hydrogens (primary N) is 1. The Hall–Kier alpha value is -1.91. The first-order valence-electron chi connectivity index (χ1n) is 6.18. The lowest BCUT2D eigenvalue weighted by molar-refractivity contribution is 0.487. The van der Waals surface area contributed by atoms with Crippen LogP contribution in [0.1, 0.15) is 25.8 Å². The number of nitrogen functional groups attached to an aromatic ring is 1. The summed E-state index contributed by atoms with van der Waals surface area (Å²) in [6, 6.07) is 0. The van der Waals surface area contributed by atoms with Crippen molar-refractivity contribution in [1.29, 1.82) is 0 Å². The van der Waals surface area contributed by atoms with Crippen LogP contribution in [0.25, 0.3) is 11.3 Å². The van der Waals surface area contributed by atoms with Crippen molar-refractivity contribution < 1.29 is 0 Å². The van der Waals surface area contributed by atoms with E-state index in [0.29, 0.717) is 11.7 Å². The molecule has 96 valence electrons. The van der Waals surface area contributed by atoms with Gasteiger partial charge in [0.25, 0.3) is 0 Å². The standard InChI is InChI=1S/C13H19N5/c1-9(2)4-5-18-7-11(6-17-18)12-10(3)13(14)16-8-15-12/h6-9H,4-5H2,1-3H3,(H2,14,15,16). The molecule has 0 radical (unpaired) electrons. The molecule has 0 aromatic carbocycles. The van der Waals surface area contributed by atoms with E-state index in [0.717, 1.165) is 29.8 Å². The van der Waals surface area contributed by atoms with Gasteiger partial charge in [-0.05, 0) is 19.3 Å². The molecule has 5 heteroatoms. The predicted octanol–water partition coefficient (Wildman–Crippen LogP) is 2.28. The number of aryl methyl sites for hydroxylation is 1. The minimum atomic E-state index is 0.523. The minimum Gasteiger partial charge on any atom is -0.383 e. The molecule has 0 fully saturated rings. The molecule has 0 saturated carbocycles. The third kappa shape index (κ3) is 2.67. The number of hydrogen-bond donors (Lipinski definition) is 1. The molecule has 0 aliphatic rings. The summed E-state index contributed by atoms with van der Waals surface area (Å²) in [6.07, 6.45) is 6.45. The van der Waals surface area contributed by atoms with Gasteiger partial charge in [-0.2, -0.15) is 5.10 Å². The SMILES string of the molecule is Cc1c(N)ncnc1-c1cnn(CCC(C)C)c1. The van der Waals surface area contributed by atoms with Crippen LogP contribution < -0.4 is 5.73 Å². The van der Waals surface area contributed by atoms with Crippen molar-refractivity contribution in [2.75, 3.05) is 5.73 Å². The van der Waals surface area contributed by atoms with Crippen molar-refractivity contribution in [2.24, 2.45) is 5.92 Å². The number of rotatable bonds is 4. The maximum Gasteiger partial charge on any atom is 0.130 e. The lowest BCUT2D eigenvalue weighted by atomic mass is 10.1. The van der Waals surface area contributed by atoms with Gasteiger partial charge in [0.05, 0.1) is 11.9 Å². The predicted molar refractivity (Wildman–Crippen MR) is 71.9 cm³/mol. The summed E-state index contributed by atoms with van der Waals surface area (Å²) >= 11 is 0. The van der Waals surface area contributed by atoms with Crippen LogP contribution in [-0.4, -0.2) is 19.7 Å². The zero-order valence-corrected chi connectivity index (χ0v) is 11.1. The molecule has 0 aliphatic heterocycles. The van der Waals surface area contributed by atoms with Crippen LogP contribution in [0, 0.1) is 12.8 Å². The normalized spacial score (nSPS) is 11.1. The lowest BCUT2D eigenvalue weighted by Gasteiger charge is -2.05. The van der Waals surface area contributed by atoms with Gasteiger partial charge in [-0.1, -0.05) is 13.8 Å². The van der Waals surface area contributed by atoms with E-state index in [4.69, 9.17) is 5.73 Å². The Labute approximate surface area is 107 Å². The first-order valence-corrected chi connectivity index (χ1v) is 6.18. The number of hydrogen-bond acceptors (Lipinski definition) is 4. The Morgan fingerprint density at radius 2 is 2.11 bits per heavy atom. The van der Waals surface area contributed by atoms with Crippen LogP contribution in [0.2, 0.25) is 0 Å². The highest BCUT2D eigenvalue weighted by Gasteiger charge is 2.09. The van der Waals surface area contributed by atoms with Crippen LogP contribution in [-0.2, 0) is 6.54 Å². The molecule has 18 heavy (non-hydrogen) atoms. The maximum absolute atomic E-state index is 5.78. The highest BCUT2D eigenvalue weighted by Crippen LogP contribution is 2.22. The van der Waals surface area contributed by atoms with Crippen molar-refractivity contribution in [3.8, 4) is 11.3 Å². The van der Waals surface area contributed by atoms with Gasteiger partial charge in [0.2, 0.25) is 0 Å². The second-order valence-electron chi connectivity index (χ2n) is 4.91. The highest BCUT2D eigenvalue weighted by molar-refractivity contribution is 5.65. The van der Waals surface area contributed by atoms with Crippen LogP contribution >= 0.6 is 0 Å². The number of nitrogens with zero attached hydrogens (tertiary/aromatic N) is 4. The third-order valence-electron chi connectivity index (χ3n) is 2.97. The molecule has 0 atom stereocenters. The Kier molecular flexibility index (Phi) is 3.60. The molecule has 2 heterocycles. The van der Waals surface area contributed by atoms with Gasteiger partial charge in [-0.3, -0.25) is 4.68 Å². The molecule has 2 aromatic rings. The largest absolute Gasteiger partial charge is 0.383 e. The molecule has 0 spiro atoms. The summed E-state index contributed by atoms with van der Waals surface area (Å²) in [5.41, 5.74) is 8.54. The van der Waals surface area contributed by atoms with Crippen molar-refractivity contribution >= 4 is 5.82 Å². The average molecular weight is 245 g/mol. The van der Waals surface area contributed by atoms with E-state index in [-0.39, 0.29) is 0 Å². The van der Waals surface area contributed by atoms with Crippen LogP contribution in [0.15, 0.2) is 18.7 Å².